The Bertz CT molecular complexity index is 729. The molecule has 0 amide bonds. The second kappa shape index (κ2) is 5.40. The molecule has 0 aliphatic carbocycles. The van der Waals surface area contributed by atoms with Gasteiger partial charge in [-0.2, -0.15) is 0 Å². The fourth-order valence-electron chi connectivity index (χ4n) is 1.69. The largest absolute Gasteiger partial charge is 0.497 e. The van der Waals surface area contributed by atoms with Gasteiger partial charge in [0.25, 0.3) is 0 Å². The standard InChI is InChI=1S/C13H15N3O3S/c1-19-10-4-2-3-9(7-10)16-13-6-5-11(8-12(13)14)20(15,17)18/h2-8,16H,14H2,1H3,(H2,15,17,18). The van der Waals surface area contributed by atoms with Crippen LogP contribution in [0.25, 0.3) is 0 Å². The van der Waals surface area contributed by atoms with E-state index in [1.807, 2.05) is 18.2 Å². The number of hydrogen-bond acceptors (Lipinski definition) is 5. The van der Waals surface area contributed by atoms with Crippen molar-refractivity contribution in [1.29, 1.82) is 0 Å². The number of rotatable bonds is 4. The smallest absolute Gasteiger partial charge is 0.238 e. The molecule has 0 aromatic heterocycles. The summed E-state index contributed by atoms with van der Waals surface area (Å²) in [6.45, 7) is 0. The zero-order valence-corrected chi connectivity index (χ0v) is 11.6. The van der Waals surface area contributed by atoms with Crippen molar-refractivity contribution >= 4 is 27.1 Å². The Morgan fingerprint density at radius 1 is 1.15 bits per heavy atom. The Balaban J connectivity index is 2.30. The number of hydrogen-bond donors (Lipinski definition) is 3. The highest BCUT2D eigenvalue weighted by molar-refractivity contribution is 7.89. The Morgan fingerprint density at radius 2 is 1.90 bits per heavy atom. The number of ether oxygens (including phenoxy) is 1. The number of benzene rings is 2. The number of primary sulfonamides is 1. The van der Waals surface area contributed by atoms with Crippen LogP contribution < -0.4 is 20.9 Å². The van der Waals surface area contributed by atoms with Crippen molar-refractivity contribution in [2.24, 2.45) is 5.14 Å². The van der Waals surface area contributed by atoms with E-state index in [1.165, 1.54) is 12.1 Å². The normalized spacial score (nSPS) is 11.1. The van der Waals surface area contributed by atoms with Gasteiger partial charge in [-0.15, -0.1) is 0 Å². The number of nitrogens with one attached hydrogen (secondary N) is 1. The molecule has 6 nitrogen and oxygen atoms in total. The van der Waals surface area contributed by atoms with Gasteiger partial charge in [-0.3, -0.25) is 0 Å². The SMILES string of the molecule is COc1cccc(Nc2ccc(S(N)(=O)=O)cc2N)c1. The van der Waals surface area contributed by atoms with Crippen molar-refractivity contribution in [2.75, 3.05) is 18.2 Å². The second-order valence-electron chi connectivity index (χ2n) is 4.15. The van der Waals surface area contributed by atoms with Gasteiger partial charge in [0.15, 0.2) is 0 Å². The number of anilines is 3. The van der Waals surface area contributed by atoms with E-state index in [2.05, 4.69) is 5.32 Å². The maximum atomic E-state index is 11.2. The van der Waals surface area contributed by atoms with Gasteiger partial charge in [-0.05, 0) is 30.3 Å². The molecule has 0 spiro atoms. The molecule has 0 aliphatic heterocycles. The van der Waals surface area contributed by atoms with Crippen molar-refractivity contribution in [3.05, 3.63) is 42.5 Å². The topological polar surface area (TPSA) is 107 Å². The molecule has 0 fully saturated rings. The maximum absolute atomic E-state index is 11.2. The van der Waals surface area contributed by atoms with Crippen molar-refractivity contribution in [2.45, 2.75) is 4.90 Å². The molecule has 0 saturated carbocycles. The van der Waals surface area contributed by atoms with Gasteiger partial charge >= 0.3 is 0 Å². The average Bonchev–Trinajstić information content (AvgIpc) is 2.40. The minimum atomic E-state index is -3.75. The fraction of sp³-hybridized carbons (Fsp3) is 0.0769. The van der Waals surface area contributed by atoms with E-state index >= 15 is 0 Å². The van der Waals surface area contributed by atoms with Gasteiger partial charge in [-0.1, -0.05) is 6.07 Å². The summed E-state index contributed by atoms with van der Waals surface area (Å²) in [6.07, 6.45) is 0. The van der Waals surface area contributed by atoms with Crippen LogP contribution in [0.1, 0.15) is 0 Å². The first kappa shape index (κ1) is 14.2. The van der Waals surface area contributed by atoms with Gasteiger partial charge < -0.3 is 15.8 Å². The molecule has 2 aromatic carbocycles. The van der Waals surface area contributed by atoms with Crippen LogP contribution in [0, 0.1) is 0 Å². The molecular formula is C13H15N3O3S. The molecule has 7 heteroatoms. The van der Waals surface area contributed by atoms with Gasteiger partial charge in [0.2, 0.25) is 10.0 Å². The summed E-state index contributed by atoms with van der Waals surface area (Å²) < 4.78 is 27.6. The summed E-state index contributed by atoms with van der Waals surface area (Å²) in [5, 5.41) is 8.13. The molecule has 2 rings (SSSR count). The summed E-state index contributed by atoms with van der Waals surface area (Å²) in [7, 11) is -2.18. The third-order valence-electron chi connectivity index (χ3n) is 2.70. The Hall–Kier alpha value is -2.25. The van der Waals surface area contributed by atoms with E-state index in [-0.39, 0.29) is 4.90 Å². The predicted molar refractivity (Wildman–Crippen MR) is 78.5 cm³/mol. The molecule has 0 bridgehead atoms. The van der Waals surface area contributed by atoms with Crippen LogP contribution in [-0.2, 0) is 10.0 Å². The fourth-order valence-corrected chi connectivity index (χ4v) is 2.24. The van der Waals surface area contributed by atoms with Crippen molar-refractivity contribution in [3.8, 4) is 5.75 Å². The first-order chi connectivity index (χ1) is 9.40. The highest BCUT2D eigenvalue weighted by Crippen LogP contribution is 2.27. The van der Waals surface area contributed by atoms with Crippen molar-refractivity contribution in [3.63, 3.8) is 0 Å². The van der Waals surface area contributed by atoms with Gasteiger partial charge in [-0.25, -0.2) is 13.6 Å². The molecule has 106 valence electrons. The molecule has 5 N–H and O–H groups in total. The van der Waals surface area contributed by atoms with Gasteiger partial charge in [0, 0.05) is 11.8 Å². The summed E-state index contributed by atoms with van der Waals surface area (Å²) >= 11 is 0. The van der Waals surface area contributed by atoms with E-state index < -0.39 is 10.0 Å². The Morgan fingerprint density at radius 3 is 2.50 bits per heavy atom. The van der Waals surface area contributed by atoms with Crippen LogP contribution in [0.5, 0.6) is 5.75 Å². The molecule has 0 saturated heterocycles. The average molecular weight is 293 g/mol. The third kappa shape index (κ3) is 3.19. The van der Waals surface area contributed by atoms with E-state index in [9.17, 15) is 8.42 Å². The highest BCUT2D eigenvalue weighted by atomic mass is 32.2. The second-order valence-corrected chi connectivity index (χ2v) is 5.71. The van der Waals surface area contributed by atoms with E-state index in [0.717, 1.165) is 5.69 Å². The molecular weight excluding hydrogens is 278 g/mol. The lowest BCUT2D eigenvalue weighted by molar-refractivity contribution is 0.415. The lowest BCUT2D eigenvalue weighted by atomic mass is 10.2. The molecule has 0 atom stereocenters. The van der Waals surface area contributed by atoms with Crippen LogP contribution in [0.3, 0.4) is 0 Å². The minimum absolute atomic E-state index is 0.0220. The first-order valence-corrected chi connectivity index (χ1v) is 7.28. The lowest BCUT2D eigenvalue weighted by Crippen LogP contribution is -2.12. The zero-order valence-electron chi connectivity index (χ0n) is 10.8. The molecule has 0 aliphatic rings. The van der Waals surface area contributed by atoms with Crippen LogP contribution >= 0.6 is 0 Å². The van der Waals surface area contributed by atoms with Gasteiger partial charge in [0.1, 0.15) is 5.75 Å². The van der Waals surface area contributed by atoms with Crippen LogP contribution in [0.4, 0.5) is 17.1 Å². The quantitative estimate of drug-likeness (QED) is 0.743. The summed E-state index contributed by atoms with van der Waals surface area (Å²) in [4.78, 5) is -0.0220. The van der Waals surface area contributed by atoms with Gasteiger partial charge in [0.05, 0.1) is 23.4 Å². The molecule has 0 radical (unpaired) electrons. The number of nitrogens with two attached hydrogens (primary N) is 2. The summed E-state index contributed by atoms with van der Waals surface area (Å²) in [5.74, 6) is 0.703. The number of nitrogen functional groups attached to an aromatic ring is 1. The predicted octanol–water partition coefficient (Wildman–Crippen LogP) is 1.67. The first-order valence-electron chi connectivity index (χ1n) is 5.73. The number of methoxy groups -OCH3 is 1. The van der Waals surface area contributed by atoms with E-state index in [0.29, 0.717) is 17.1 Å². The van der Waals surface area contributed by atoms with Crippen LogP contribution in [-0.4, -0.2) is 15.5 Å². The molecule has 0 heterocycles. The monoisotopic (exact) mass is 293 g/mol. The summed E-state index contributed by atoms with van der Waals surface area (Å²) in [6, 6.07) is 11.6. The van der Waals surface area contributed by atoms with E-state index in [4.69, 9.17) is 15.6 Å². The molecule has 20 heavy (non-hydrogen) atoms. The number of sulfonamides is 1. The van der Waals surface area contributed by atoms with Crippen LogP contribution in [0.15, 0.2) is 47.4 Å². The van der Waals surface area contributed by atoms with Crippen molar-refractivity contribution in [1.82, 2.24) is 0 Å². The van der Waals surface area contributed by atoms with Crippen LogP contribution in [0.2, 0.25) is 0 Å². The van der Waals surface area contributed by atoms with Crippen molar-refractivity contribution < 1.29 is 13.2 Å². The lowest BCUT2D eigenvalue weighted by Gasteiger charge is -2.11. The van der Waals surface area contributed by atoms with E-state index in [1.54, 1.807) is 19.2 Å². The minimum Gasteiger partial charge on any atom is -0.497 e. The summed E-state index contributed by atoms with van der Waals surface area (Å²) in [5.41, 5.74) is 7.48. The molecule has 2 aromatic rings. The highest BCUT2D eigenvalue weighted by Gasteiger charge is 2.10. The molecule has 0 unspecified atom stereocenters. The maximum Gasteiger partial charge on any atom is 0.238 e. The Kier molecular flexibility index (Phi) is 3.82. The zero-order chi connectivity index (χ0) is 14.8. The third-order valence-corrected chi connectivity index (χ3v) is 3.61. The Labute approximate surface area is 117 Å².